The van der Waals surface area contributed by atoms with E-state index in [0.717, 1.165) is 4.90 Å². The number of carbonyl (C=O) groups excluding carboxylic acids is 1. The van der Waals surface area contributed by atoms with E-state index in [1.165, 1.54) is 32.4 Å². The van der Waals surface area contributed by atoms with Crippen molar-refractivity contribution >= 4 is 27.8 Å². The van der Waals surface area contributed by atoms with Gasteiger partial charge in [0.05, 0.1) is 14.2 Å². The number of hydrogen-bond donors (Lipinski definition) is 1. The normalized spacial score (nSPS) is 9.86. The number of ether oxygens (including phenoxy) is 2. The SMILES string of the molecule is C=CCN(CC(=O)O)C(=O)c1cc(OC)c(Br)c(OC)c1. The Labute approximate surface area is 131 Å². The van der Waals surface area contributed by atoms with Gasteiger partial charge in [-0.05, 0) is 28.1 Å². The number of methoxy groups -OCH3 is 2. The van der Waals surface area contributed by atoms with Crippen molar-refractivity contribution in [2.75, 3.05) is 27.3 Å². The van der Waals surface area contributed by atoms with Gasteiger partial charge in [0.2, 0.25) is 0 Å². The topological polar surface area (TPSA) is 76.1 Å². The van der Waals surface area contributed by atoms with Gasteiger partial charge in [0.25, 0.3) is 5.91 Å². The van der Waals surface area contributed by atoms with Crippen LogP contribution in [0.1, 0.15) is 10.4 Å². The van der Waals surface area contributed by atoms with Gasteiger partial charge in [-0.1, -0.05) is 6.08 Å². The third-order valence-corrected chi connectivity index (χ3v) is 3.44. The number of amides is 1. The Morgan fingerprint density at radius 3 is 2.24 bits per heavy atom. The maximum atomic E-state index is 12.4. The molecule has 0 aliphatic heterocycles. The molecule has 0 aliphatic carbocycles. The number of halogens is 1. The minimum atomic E-state index is -1.10. The van der Waals surface area contributed by atoms with Crippen LogP contribution in [0, 0.1) is 0 Å². The summed E-state index contributed by atoms with van der Waals surface area (Å²) in [5.41, 5.74) is 0.273. The number of carboxylic acid groups (broad SMARTS) is 1. The van der Waals surface area contributed by atoms with E-state index < -0.39 is 18.4 Å². The first-order valence-electron chi connectivity index (χ1n) is 5.98. The lowest BCUT2D eigenvalue weighted by molar-refractivity contribution is -0.137. The van der Waals surface area contributed by atoms with Gasteiger partial charge >= 0.3 is 5.97 Å². The summed E-state index contributed by atoms with van der Waals surface area (Å²) in [4.78, 5) is 24.4. The molecule has 0 atom stereocenters. The molecule has 0 aromatic heterocycles. The summed E-state index contributed by atoms with van der Waals surface area (Å²) in [7, 11) is 2.93. The maximum Gasteiger partial charge on any atom is 0.323 e. The fraction of sp³-hybridized carbons (Fsp3) is 0.286. The van der Waals surface area contributed by atoms with Crippen molar-refractivity contribution in [3.63, 3.8) is 0 Å². The molecule has 0 radical (unpaired) electrons. The summed E-state index contributed by atoms with van der Waals surface area (Å²) < 4.78 is 10.9. The highest BCUT2D eigenvalue weighted by molar-refractivity contribution is 9.10. The monoisotopic (exact) mass is 357 g/mol. The van der Waals surface area contributed by atoms with Crippen molar-refractivity contribution < 1.29 is 24.2 Å². The smallest absolute Gasteiger partial charge is 0.323 e. The first kappa shape index (κ1) is 17.0. The maximum absolute atomic E-state index is 12.4. The third-order valence-electron chi connectivity index (χ3n) is 2.66. The van der Waals surface area contributed by atoms with Crippen LogP contribution in [0.2, 0.25) is 0 Å². The van der Waals surface area contributed by atoms with Crippen molar-refractivity contribution in [2.24, 2.45) is 0 Å². The molecule has 0 fully saturated rings. The average molecular weight is 358 g/mol. The Balaban J connectivity index is 3.20. The molecular formula is C14H16BrNO5. The minimum Gasteiger partial charge on any atom is -0.495 e. The van der Waals surface area contributed by atoms with Crippen LogP contribution in [0.4, 0.5) is 0 Å². The van der Waals surface area contributed by atoms with Gasteiger partial charge in [0.1, 0.15) is 22.5 Å². The van der Waals surface area contributed by atoms with Crippen molar-refractivity contribution in [1.29, 1.82) is 0 Å². The molecule has 0 bridgehead atoms. The van der Waals surface area contributed by atoms with E-state index in [4.69, 9.17) is 14.6 Å². The lowest BCUT2D eigenvalue weighted by Gasteiger charge is -2.20. The molecule has 1 N–H and O–H groups in total. The Morgan fingerprint density at radius 1 is 1.33 bits per heavy atom. The Hall–Kier alpha value is -2.02. The zero-order valence-corrected chi connectivity index (χ0v) is 13.3. The summed E-state index contributed by atoms with van der Waals surface area (Å²) in [5, 5.41) is 8.87. The first-order chi connectivity index (χ1) is 9.94. The van der Waals surface area contributed by atoms with E-state index in [0.29, 0.717) is 16.0 Å². The summed E-state index contributed by atoms with van der Waals surface area (Å²) in [6.07, 6.45) is 1.47. The molecule has 0 spiro atoms. The van der Waals surface area contributed by atoms with Crippen molar-refractivity contribution in [3.8, 4) is 11.5 Å². The molecular weight excluding hydrogens is 342 g/mol. The highest BCUT2D eigenvalue weighted by Gasteiger charge is 2.20. The van der Waals surface area contributed by atoms with Gasteiger partial charge in [-0.25, -0.2) is 0 Å². The Bertz CT molecular complexity index is 533. The first-order valence-corrected chi connectivity index (χ1v) is 6.77. The van der Waals surface area contributed by atoms with E-state index in [2.05, 4.69) is 22.5 Å². The molecule has 0 saturated heterocycles. The van der Waals surface area contributed by atoms with Crippen LogP contribution in [0.15, 0.2) is 29.3 Å². The number of hydrogen-bond acceptors (Lipinski definition) is 4. The molecule has 1 rings (SSSR count). The Kier molecular flexibility index (Phi) is 6.23. The predicted octanol–water partition coefficient (Wildman–Crippen LogP) is 2.18. The number of carboxylic acids is 1. The van der Waals surface area contributed by atoms with Crippen LogP contribution in [0.5, 0.6) is 11.5 Å². The molecule has 0 unspecified atom stereocenters. The molecule has 6 nitrogen and oxygen atoms in total. The predicted molar refractivity (Wildman–Crippen MR) is 81.0 cm³/mol. The van der Waals surface area contributed by atoms with Crippen LogP contribution in [0.25, 0.3) is 0 Å². The van der Waals surface area contributed by atoms with Crippen LogP contribution in [-0.2, 0) is 4.79 Å². The van der Waals surface area contributed by atoms with Crippen LogP contribution >= 0.6 is 15.9 Å². The van der Waals surface area contributed by atoms with Gasteiger partial charge < -0.3 is 19.5 Å². The number of benzene rings is 1. The van der Waals surface area contributed by atoms with Crippen LogP contribution < -0.4 is 9.47 Å². The molecule has 0 heterocycles. The van der Waals surface area contributed by atoms with Crippen molar-refractivity contribution in [3.05, 3.63) is 34.8 Å². The van der Waals surface area contributed by atoms with Crippen molar-refractivity contribution in [1.82, 2.24) is 4.90 Å². The van der Waals surface area contributed by atoms with Crippen molar-refractivity contribution in [2.45, 2.75) is 0 Å². The van der Waals surface area contributed by atoms with E-state index in [1.54, 1.807) is 0 Å². The lowest BCUT2D eigenvalue weighted by Crippen LogP contribution is -2.35. The molecule has 114 valence electrons. The molecule has 21 heavy (non-hydrogen) atoms. The van der Waals surface area contributed by atoms with Crippen LogP contribution in [-0.4, -0.2) is 49.2 Å². The summed E-state index contributed by atoms with van der Waals surface area (Å²) in [5.74, 6) is -0.694. The second kappa shape index (κ2) is 7.68. The van der Waals surface area contributed by atoms with E-state index in [-0.39, 0.29) is 12.1 Å². The summed E-state index contributed by atoms with van der Waals surface area (Å²) in [6.45, 7) is 3.24. The van der Waals surface area contributed by atoms with E-state index >= 15 is 0 Å². The average Bonchev–Trinajstić information content (AvgIpc) is 2.46. The number of aliphatic carboxylic acids is 1. The van der Waals surface area contributed by atoms with E-state index in [9.17, 15) is 9.59 Å². The van der Waals surface area contributed by atoms with Gasteiger partial charge in [0, 0.05) is 12.1 Å². The zero-order chi connectivity index (χ0) is 16.0. The molecule has 7 heteroatoms. The van der Waals surface area contributed by atoms with Crippen LogP contribution in [0.3, 0.4) is 0 Å². The lowest BCUT2D eigenvalue weighted by atomic mass is 10.1. The van der Waals surface area contributed by atoms with Gasteiger partial charge in [0.15, 0.2) is 0 Å². The summed E-state index contributed by atoms with van der Waals surface area (Å²) in [6, 6.07) is 3.04. The number of nitrogens with zero attached hydrogens (tertiary/aromatic N) is 1. The quantitative estimate of drug-likeness (QED) is 0.756. The fourth-order valence-corrected chi connectivity index (χ4v) is 2.27. The molecule has 0 saturated carbocycles. The van der Waals surface area contributed by atoms with Gasteiger partial charge in [-0.2, -0.15) is 0 Å². The molecule has 1 aromatic carbocycles. The largest absolute Gasteiger partial charge is 0.495 e. The molecule has 1 amide bonds. The Morgan fingerprint density at radius 2 is 1.86 bits per heavy atom. The third kappa shape index (κ3) is 4.22. The van der Waals surface area contributed by atoms with E-state index in [1.807, 2.05) is 0 Å². The standard InChI is InChI=1S/C14H16BrNO5/c1-4-5-16(8-12(17)18)14(19)9-6-10(20-2)13(15)11(7-9)21-3/h4,6-7H,1,5,8H2,2-3H3,(H,17,18). The number of rotatable bonds is 7. The number of carbonyl (C=O) groups is 2. The second-order valence-corrected chi connectivity index (χ2v) is 4.86. The summed E-state index contributed by atoms with van der Waals surface area (Å²) >= 11 is 3.31. The highest BCUT2D eigenvalue weighted by Crippen LogP contribution is 2.35. The highest BCUT2D eigenvalue weighted by atomic mass is 79.9. The van der Waals surface area contributed by atoms with Gasteiger partial charge in [-0.15, -0.1) is 6.58 Å². The second-order valence-electron chi connectivity index (χ2n) is 4.06. The van der Waals surface area contributed by atoms with Gasteiger partial charge in [-0.3, -0.25) is 9.59 Å². The fourth-order valence-electron chi connectivity index (χ4n) is 1.71. The molecule has 1 aromatic rings. The molecule has 0 aliphatic rings. The zero-order valence-electron chi connectivity index (χ0n) is 11.8. The minimum absolute atomic E-state index is 0.131.